The second-order valence-electron chi connectivity index (χ2n) is 3.14. The van der Waals surface area contributed by atoms with Crippen LogP contribution in [0.5, 0.6) is 0 Å². The van der Waals surface area contributed by atoms with Gasteiger partial charge in [-0.25, -0.2) is 0 Å². The molecule has 0 aliphatic carbocycles. The van der Waals surface area contributed by atoms with Gasteiger partial charge in [0.1, 0.15) is 12.5 Å². The van der Waals surface area contributed by atoms with E-state index in [4.69, 9.17) is 9.47 Å². The first-order chi connectivity index (χ1) is 5.77. The Balaban J connectivity index is 2.06. The van der Waals surface area contributed by atoms with E-state index in [2.05, 4.69) is 15.9 Å². The molecule has 0 unspecified atom stereocenters. The zero-order valence-electron chi connectivity index (χ0n) is 7.38. The molecule has 0 N–H and O–H groups in total. The maximum atomic E-state index is 5.31. The third kappa shape index (κ3) is 3.05. The maximum Gasteiger partial charge on any atom is 0.247 e. The number of hydrogen-bond donors (Lipinski definition) is 0. The molecule has 1 aliphatic rings. The van der Waals surface area contributed by atoms with Gasteiger partial charge >= 0.3 is 0 Å². The van der Waals surface area contributed by atoms with Gasteiger partial charge < -0.3 is 9.47 Å². The predicted molar refractivity (Wildman–Crippen MR) is 52.0 cm³/mol. The van der Waals surface area contributed by atoms with Crippen molar-refractivity contribution in [3.8, 4) is 0 Å². The molecule has 1 rings (SSSR count). The maximum absolute atomic E-state index is 5.31. The molecule has 0 aromatic rings. The molecule has 0 fully saturated rings. The first-order valence-corrected chi connectivity index (χ1v) is 5.46. The number of rotatable bonds is 5. The highest BCUT2D eigenvalue weighted by molar-refractivity contribution is 9.09. The molecule has 1 aliphatic heterocycles. The first kappa shape index (κ1) is 9.90. The van der Waals surface area contributed by atoms with Crippen LogP contribution in [0.25, 0.3) is 0 Å². The summed E-state index contributed by atoms with van der Waals surface area (Å²) >= 11 is 3.40. The van der Waals surface area contributed by atoms with Gasteiger partial charge in [-0.05, 0) is 12.8 Å². The van der Waals surface area contributed by atoms with Gasteiger partial charge in [0.05, 0.1) is 0 Å². The largest absolute Gasteiger partial charge is 0.457 e. The lowest BCUT2D eigenvalue weighted by molar-refractivity contribution is -0.131. The Morgan fingerprint density at radius 2 is 1.83 bits per heavy atom. The SMILES string of the molecule is CC1(CCCCCBr)OC=CO1. The van der Waals surface area contributed by atoms with E-state index in [1.165, 1.54) is 12.8 Å². The Morgan fingerprint density at radius 3 is 2.42 bits per heavy atom. The van der Waals surface area contributed by atoms with E-state index in [-0.39, 0.29) is 5.79 Å². The zero-order chi connectivity index (χ0) is 8.86. The number of halogens is 1. The van der Waals surface area contributed by atoms with E-state index in [0.29, 0.717) is 0 Å². The van der Waals surface area contributed by atoms with E-state index < -0.39 is 0 Å². The quantitative estimate of drug-likeness (QED) is 0.538. The molecular formula is C9H15BrO2. The van der Waals surface area contributed by atoms with E-state index in [1.807, 2.05) is 6.92 Å². The van der Waals surface area contributed by atoms with E-state index >= 15 is 0 Å². The highest BCUT2D eigenvalue weighted by Gasteiger charge is 2.28. The molecule has 0 radical (unpaired) electrons. The second-order valence-corrected chi connectivity index (χ2v) is 3.93. The molecular weight excluding hydrogens is 220 g/mol. The predicted octanol–water partition coefficient (Wildman–Crippen LogP) is 3.18. The van der Waals surface area contributed by atoms with Crippen molar-refractivity contribution in [1.29, 1.82) is 0 Å². The summed E-state index contributed by atoms with van der Waals surface area (Å²) in [5.41, 5.74) is 0. The van der Waals surface area contributed by atoms with Gasteiger partial charge in [0.15, 0.2) is 0 Å². The second kappa shape index (κ2) is 4.75. The van der Waals surface area contributed by atoms with Crippen LogP contribution in [0, 0.1) is 0 Å². The van der Waals surface area contributed by atoms with Crippen LogP contribution in [-0.2, 0) is 9.47 Å². The van der Waals surface area contributed by atoms with Crippen LogP contribution in [0.3, 0.4) is 0 Å². The molecule has 0 spiro atoms. The number of unbranched alkanes of at least 4 members (excludes halogenated alkanes) is 2. The average Bonchev–Trinajstić information content (AvgIpc) is 2.47. The average molecular weight is 235 g/mol. The standard InChI is InChI=1S/C9H15BrO2/c1-9(11-7-8-12-9)5-3-2-4-6-10/h7-8H,2-6H2,1H3. The van der Waals surface area contributed by atoms with Gasteiger partial charge in [-0.3, -0.25) is 0 Å². The summed E-state index contributed by atoms with van der Waals surface area (Å²) in [4.78, 5) is 0. The summed E-state index contributed by atoms with van der Waals surface area (Å²) in [6.45, 7) is 1.97. The highest BCUT2D eigenvalue weighted by Crippen LogP contribution is 2.25. The summed E-state index contributed by atoms with van der Waals surface area (Å²) in [7, 11) is 0. The van der Waals surface area contributed by atoms with Crippen molar-refractivity contribution in [2.75, 3.05) is 5.33 Å². The summed E-state index contributed by atoms with van der Waals surface area (Å²) in [6.07, 6.45) is 7.81. The topological polar surface area (TPSA) is 18.5 Å². The smallest absolute Gasteiger partial charge is 0.247 e. The normalized spacial score (nSPS) is 18.8. The van der Waals surface area contributed by atoms with Crippen LogP contribution >= 0.6 is 15.9 Å². The van der Waals surface area contributed by atoms with Gasteiger partial charge in [-0.15, -0.1) is 0 Å². The minimum Gasteiger partial charge on any atom is -0.457 e. The molecule has 1 heterocycles. The van der Waals surface area contributed by atoms with Gasteiger partial charge in [0.2, 0.25) is 5.79 Å². The molecule has 0 amide bonds. The highest BCUT2D eigenvalue weighted by atomic mass is 79.9. The molecule has 0 aromatic heterocycles. The molecule has 0 aromatic carbocycles. The Labute approximate surface area is 82.1 Å². The minimum atomic E-state index is -0.383. The van der Waals surface area contributed by atoms with Crippen LogP contribution in [0.4, 0.5) is 0 Å². The number of ether oxygens (including phenoxy) is 2. The first-order valence-electron chi connectivity index (χ1n) is 4.33. The van der Waals surface area contributed by atoms with Crippen LogP contribution in [0.15, 0.2) is 12.5 Å². The van der Waals surface area contributed by atoms with Crippen LogP contribution < -0.4 is 0 Å². The molecule has 0 saturated carbocycles. The van der Waals surface area contributed by atoms with Crippen molar-refractivity contribution in [2.45, 2.75) is 38.4 Å². The molecule has 0 saturated heterocycles. The monoisotopic (exact) mass is 234 g/mol. The third-order valence-corrected chi connectivity index (χ3v) is 2.52. The fraction of sp³-hybridized carbons (Fsp3) is 0.778. The summed E-state index contributed by atoms with van der Waals surface area (Å²) < 4.78 is 10.6. The molecule has 3 heteroatoms. The lowest BCUT2D eigenvalue weighted by Crippen LogP contribution is -2.24. The van der Waals surface area contributed by atoms with Crippen molar-refractivity contribution in [2.24, 2.45) is 0 Å². The fourth-order valence-corrected chi connectivity index (χ4v) is 1.60. The lowest BCUT2D eigenvalue weighted by atomic mass is 10.1. The van der Waals surface area contributed by atoms with Crippen LogP contribution in [0.2, 0.25) is 0 Å². The molecule has 0 atom stereocenters. The van der Waals surface area contributed by atoms with Gasteiger partial charge in [-0.2, -0.15) is 0 Å². The Kier molecular flexibility index (Phi) is 3.92. The molecule has 12 heavy (non-hydrogen) atoms. The van der Waals surface area contributed by atoms with Crippen molar-refractivity contribution in [1.82, 2.24) is 0 Å². The van der Waals surface area contributed by atoms with Crippen molar-refractivity contribution < 1.29 is 9.47 Å². The lowest BCUT2D eigenvalue weighted by Gasteiger charge is -2.22. The molecule has 0 bridgehead atoms. The Bertz CT molecular complexity index is 149. The van der Waals surface area contributed by atoms with Crippen LogP contribution in [-0.4, -0.2) is 11.1 Å². The van der Waals surface area contributed by atoms with Gasteiger partial charge in [-0.1, -0.05) is 22.4 Å². The summed E-state index contributed by atoms with van der Waals surface area (Å²) in [5.74, 6) is -0.383. The third-order valence-electron chi connectivity index (χ3n) is 1.95. The van der Waals surface area contributed by atoms with E-state index in [0.717, 1.165) is 18.2 Å². The Morgan fingerprint density at radius 1 is 1.17 bits per heavy atom. The van der Waals surface area contributed by atoms with Gasteiger partial charge in [0, 0.05) is 18.7 Å². The zero-order valence-corrected chi connectivity index (χ0v) is 8.97. The van der Waals surface area contributed by atoms with E-state index in [9.17, 15) is 0 Å². The van der Waals surface area contributed by atoms with Crippen molar-refractivity contribution >= 4 is 15.9 Å². The fourth-order valence-electron chi connectivity index (χ4n) is 1.21. The summed E-state index contributed by atoms with van der Waals surface area (Å²) in [6, 6.07) is 0. The van der Waals surface area contributed by atoms with Gasteiger partial charge in [0.25, 0.3) is 0 Å². The summed E-state index contributed by atoms with van der Waals surface area (Å²) in [5, 5.41) is 1.09. The van der Waals surface area contributed by atoms with Crippen molar-refractivity contribution in [3.05, 3.63) is 12.5 Å². The number of hydrogen-bond acceptors (Lipinski definition) is 2. The van der Waals surface area contributed by atoms with E-state index in [1.54, 1.807) is 12.5 Å². The van der Waals surface area contributed by atoms with Crippen LogP contribution in [0.1, 0.15) is 32.6 Å². The Hall–Kier alpha value is -0.180. The molecule has 70 valence electrons. The van der Waals surface area contributed by atoms with Crippen molar-refractivity contribution in [3.63, 3.8) is 0 Å². The molecule has 2 nitrogen and oxygen atoms in total. The minimum absolute atomic E-state index is 0.383. The number of alkyl halides is 1.